The van der Waals surface area contributed by atoms with E-state index < -0.39 is 11.7 Å². The minimum atomic E-state index is -0.515. The first-order chi connectivity index (χ1) is 12.3. The molecular weight excluding hydrogens is 462 g/mol. The highest BCUT2D eigenvalue weighted by atomic mass is 127. The first kappa shape index (κ1) is 23.5. The van der Waals surface area contributed by atoms with Crippen LogP contribution in [-0.2, 0) is 11.3 Å². The average Bonchev–Trinajstić information content (AvgIpc) is 2.99. The first-order valence-electron chi connectivity index (χ1n) is 9.04. The van der Waals surface area contributed by atoms with E-state index in [2.05, 4.69) is 20.5 Å². The van der Waals surface area contributed by atoms with Crippen LogP contribution in [0, 0.1) is 5.82 Å². The van der Waals surface area contributed by atoms with Gasteiger partial charge in [-0.05, 0) is 40.2 Å². The lowest BCUT2D eigenvalue weighted by Crippen LogP contribution is -2.44. The fraction of sp³-hybridized carbons (Fsp3) is 0.579. The summed E-state index contributed by atoms with van der Waals surface area (Å²) in [4.78, 5) is 18.5. The number of hydrogen-bond acceptors (Lipinski definition) is 3. The number of nitrogens with one attached hydrogen (secondary N) is 2. The molecule has 2 N–H and O–H groups in total. The van der Waals surface area contributed by atoms with Crippen molar-refractivity contribution in [1.29, 1.82) is 0 Å². The molecule has 1 aromatic rings. The van der Waals surface area contributed by atoms with Gasteiger partial charge in [-0.25, -0.2) is 14.2 Å². The number of carbonyl (C=O) groups is 1. The van der Waals surface area contributed by atoms with Gasteiger partial charge in [-0.1, -0.05) is 18.2 Å². The molecule has 2 rings (SSSR count). The standard InChI is InChI=1S/C19H29FN4O2.HI/c1-5-21-17(22-12-14-8-6-7-9-16(14)20)24-11-10-15(13-24)23-18(25)26-19(2,3)4;/h6-9,15H,5,10-13H2,1-4H3,(H,21,22)(H,23,25);1H. The van der Waals surface area contributed by atoms with Gasteiger partial charge in [0.1, 0.15) is 11.4 Å². The minimum Gasteiger partial charge on any atom is -0.444 e. The Balaban J connectivity index is 0.00000364. The molecule has 1 unspecified atom stereocenters. The van der Waals surface area contributed by atoms with E-state index in [-0.39, 0.29) is 42.4 Å². The van der Waals surface area contributed by atoms with Gasteiger partial charge in [0.05, 0.1) is 12.6 Å². The molecule has 1 heterocycles. The molecule has 1 amide bonds. The third-order valence-electron chi connectivity index (χ3n) is 3.90. The van der Waals surface area contributed by atoms with E-state index in [0.29, 0.717) is 12.1 Å². The number of aliphatic imine (C=N–C) groups is 1. The minimum absolute atomic E-state index is 0. The number of benzene rings is 1. The van der Waals surface area contributed by atoms with Gasteiger partial charge in [0.25, 0.3) is 0 Å². The zero-order chi connectivity index (χ0) is 19.2. The number of hydrogen-bond donors (Lipinski definition) is 2. The van der Waals surface area contributed by atoms with Crippen molar-refractivity contribution in [2.45, 2.75) is 52.3 Å². The summed E-state index contributed by atoms with van der Waals surface area (Å²) in [7, 11) is 0. The molecule has 1 aromatic carbocycles. The molecule has 0 aromatic heterocycles. The summed E-state index contributed by atoms with van der Waals surface area (Å²) in [6.07, 6.45) is 0.404. The van der Waals surface area contributed by atoms with Crippen molar-refractivity contribution < 1.29 is 13.9 Å². The zero-order valence-corrected chi connectivity index (χ0v) is 18.7. The fourth-order valence-corrected chi connectivity index (χ4v) is 2.76. The molecule has 0 aliphatic carbocycles. The molecule has 1 aliphatic rings. The van der Waals surface area contributed by atoms with Crippen molar-refractivity contribution in [1.82, 2.24) is 15.5 Å². The van der Waals surface area contributed by atoms with Crippen LogP contribution in [0.1, 0.15) is 39.7 Å². The summed E-state index contributed by atoms with van der Waals surface area (Å²) >= 11 is 0. The van der Waals surface area contributed by atoms with E-state index in [1.807, 2.05) is 27.7 Å². The number of rotatable bonds is 4. The van der Waals surface area contributed by atoms with Gasteiger partial charge < -0.3 is 20.3 Å². The molecule has 1 atom stereocenters. The molecule has 6 nitrogen and oxygen atoms in total. The van der Waals surface area contributed by atoms with Crippen molar-refractivity contribution >= 4 is 36.0 Å². The Bertz CT molecular complexity index is 649. The van der Waals surface area contributed by atoms with Gasteiger partial charge >= 0.3 is 6.09 Å². The predicted molar refractivity (Wildman–Crippen MR) is 116 cm³/mol. The maximum absolute atomic E-state index is 13.8. The Kier molecular flexibility index (Phi) is 9.28. The second-order valence-electron chi connectivity index (χ2n) is 7.34. The van der Waals surface area contributed by atoms with Gasteiger partial charge in [-0.3, -0.25) is 0 Å². The molecule has 152 valence electrons. The Labute approximate surface area is 178 Å². The Morgan fingerprint density at radius 1 is 1.37 bits per heavy atom. The summed E-state index contributed by atoms with van der Waals surface area (Å²) in [5, 5.41) is 6.14. The highest BCUT2D eigenvalue weighted by Gasteiger charge is 2.27. The van der Waals surface area contributed by atoms with Crippen LogP contribution in [0.3, 0.4) is 0 Å². The monoisotopic (exact) mass is 492 g/mol. The quantitative estimate of drug-likeness (QED) is 0.384. The second-order valence-corrected chi connectivity index (χ2v) is 7.34. The van der Waals surface area contributed by atoms with E-state index in [0.717, 1.165) is 25.5 Å². The molecular formula is C19H30FIN4O2. The van der Waals surface area contributed by atoms with E-state index in [9.17, 15) is 9.18 Å². The Hall–Kier alpha value is -1.58. The van der Waals surface area contributed by atoms with Crippen LogP contribution < -0.4 is 10.6 Å². The van der Waals surface area contributed by atoms with Crippen molar-refractivity contribution in [2.75, 3.05) is 19.6 Å². The van der Waals surface area contributed by atoms with E-state index in [1.165, 1.54) is 6.07 Å². The molecule has 1 saturated heterocycles. The SMILES string of the molecule is CCNC(=NCc1ccccc1F)N1CCC(NC(=O)OC(C)(C)C)C1.I. The molecule has 8 heteroatoms. The van der Waals surface area contributed by atoms with Crippen LogP contribution in [0.5, 0.6) is 0 Å². The number of carbonyl (C=O) groups excluding carboxylic acids is 1. The highest BCUT2D eigenvalue weighted by molar-refractivity contribution is 14.0. The van der Waals surface area contributed by atoms with Crippen LogP contribution in [0.2, 0.25) is 0 Å². The third kappa shape index (κ3) is 7.90. The number of guanidine groups is 1. The van der Waals surface area contributed by atoms with E-state index >= 15 is 0 Å². The maximum Gasteiger partial charge on any atom is 0.407 e. The molecule has 1 aliphatic heterocycles. The first-order valence-corrected chi connectivity index (χ1v) is 9.04. The van der Waals surface area contributed by atoms with Crippen LogP contribution in [0.25, 0.3) is 0 Å². The average molecular weight is 492 g/mol. The summed E-state index contributed by atoms with van der Waals surface area (Å²) in [5.41, 5.74) is 0.0453. The number of halogens is 2. The number of nitrogens with zero attached hydrogens (tertiary/aromatic N) is 2. The van der Waals surface area contributed by atoms with Crippen LogP contribution in [0.4, 0.5) is 9.18 Å². The number of amides is 1. The number of likely N-dealkylation sites (tertiary alicyclic amines) is 1. The maximum atomic E-state index is 13.8. The van der Waals surface area contributed by atoms with Gasteiger partial charge in [-0.15, -0.1) is 24.0 Å². The van der Waals surface area contributed by atoms with Crippen LogP contribution in [0.15, 0.2) is 29.3 Å². The summed E-state index contributed by atoms with van der Waals surface area (Å²) in [5.74, 6) is 0.474. The smallest absolute Gasteiger partial charge is 0.407 e. The third-order valence-corrected chi connectivity index (χ3v) is 3.90. The fourth-order valence-electron chi connectivity index (χ4n) is 2.76. The second kappa shape index (κ2) is 10.7. The number of ether oxygens (including phenoxy) is 1. The lowest BCUT2D eigenvalue weighted by Gasteiger charge is -2.23. The normalized spacial score (nSPS) is 17.3. The molecule has 0 bridgehead atoms. The number of alkyl carbamates (subject to hydrolysis) is 1. The van der Waals surface area contributed by atoms with Gasteiger partial charge in [0.15, 0.2) is 5.96 Å². The molecule has 27 heavy (non-hydrogen) atoms. The molecule has 0 saturated carbocycles. The summed E-state index contributed by atoms with van der Waals surface area (Å²) in [6, 6.07) is 6.65. The lowest BCUT2D eigenvalue weighted by molar-refractivity contribution is 0.0507. The lowest BCUT2D eigenvalue weighted by atomic mass is 10.2. The largest absolute Gasteiger partial charge is 0.444 e. The van der Waals surface area contributed by atoms with Gasteiger partial charge in [0.2, 0.25) is 0 Å². The van der Waals surface area contributed by atoms with Crippen molar-refractivity contribution in [3.8, 4) is 0 Å². The predicted octanol–water partition coefficient (Wildman–Crippen LogP) is 3.51. The molecule has 0 spiro atoms. The van der Waals surface area contributed by atoms with Gasteiger partial charge in [0, 0.05) is 25.2 Å². The molecule has 0 radical (unpaired) electrons. The topological polar surface area (TPSA) is 66.0 Å². The summed E-state index contributed by atoms with van der Waals surface area (Å²) in [6.45, 7) is 9.91. The highest BCUT2D eigenvalue weighted by Crippen LogP contribution is 2.13. The molecule has 1 fully saturated rings. The summed E-state index contributed by atoms with van der Waals surface area (Å²) < 4.78 is 19.1. The van der Waals surface area contributed by atoms with Crippen LogP contribution in [-0.4, -0.2) is 48.2 Å². The van der Waals surface area contributed by atoms with Crippen molar-refractivity contribution in [2.24, 2.45) is 4.99 Å². The van der Waals surface area contributed by atoms with Crippen LogP contribution >= 0.6 is 24.0 Å². The zero-order valence-electron chi connectivity index (χ0n) is 16.4. The Morgan fingerprint density at radius 3 is 2.70 bits per heavy atom. The van der Waals surface area contributed by atoms with E-state index in [1.54, 1.807) is 18.2 Å². The van der Waals surface area contributed by atoms with E-state index in [4.69, 9.17) is 4.74 Å². The van der Waals surface area contributed by atoms with Gasteiger partial charge in [-0.2, -0.15) is 0 Å². The van der Waals surface area contributed by atoms with Crippen molar-refractivity contribution in [3.63, 3.8) is 0 Å². The van der Waals surface area contributed by atoms with Crippen molar-refractivity contribution in [3.05, 3.63) is 35.6 Å². The Morgan fingerprint density at radius 2 is 2.07 bits per heavy atom.